The van der Waals surface area contributed by atoms with Gasteiger partial charge in [0, 0.05) is 32.3 Å². The van der Waals surface area contributed by atoms with E-state index in [0.717, 1.165) is 0 Å². The Labute approximate surface area is 177 Å². The third kappa shape index (κ3) is 5.68. The number of benzene rings is 1. The maximum absolute atomic E-state index is 12.5. The van der Waals surface area contributed by atoms with Gasteiger partial charge in [0.2, 0.25) is 0 Å². The van der Waals surface area contributed by atoms with Gasteiger partial charge >= 0.3 is 19.3 Å². The summed E-state index contributed by atoms with van der Waals surface area (Å²) in [4.78, 5) is 38.2. The maximum atomic E-state index is 12.5. The fourth-order valence-electron chi connectivity index (χ4n) is 3.13. The third-order valence-corrected chi connectivity index (χ3v) is 6.33. The van der Waals surface area contributed by atoms with Crippen LogP contribution >= 0.6 is 7.60 Å². The molecule has 0 amide bonds. The van der Waals surface area contributed by atoms with E-state index in [1.54, 1.807) is 30.3 Å². The van der Waals surface area contributed by atoms with E-state index in [1.807, 2.05) is 0 Å². The highest BCUT2D eigenvalue weighted by atomic mass is 31.2. The lowest BCUT2D eigenvalue weighted by Crippen LogP contribution is -2.42. The zero-order chi connectivity index (χ0) is 22.4. The Morgan fingerprint density at radius 1 is 1.16 bits per heavy atom. The summed E-state index contributed by atoms with van der Waals surface area (Å²) in [6.07, 6.45) is 1.18. The van der Waals surface area contributed by atoms with Crippen LogP contribution in [0.15, 0.2) is 64.1 Å². The number of esters is 1. The number of hydrogen-bond acceptors (Lipinski definition) is 8. The van der Waals surface area contributed by atoms with Crippen molar-refractivity contribution in [2.45, 2.75) is 31.3 Å². The van der Waals surface area contributed by atoms with Crippen LogP contribution in [0.4, 0.5) is 0 Å². The van der Waals surface area contributed by atoms with Gasteiger partial charge in [-0.05, 0) is 31.1 Å². The fourth-order valence-corrected chi connectivity index (χ4v) is 3.90. The number of carbonyl (C=O) groups excluding carboxylic acids is 1. The topological polar surface area (TPSA) is 126 Å². The first-order chi connectivity index (χ1) is 14.8. The average Bonchev–Trinajstić information content (AvgIpc) is 2.79. The van der Waals surface area contributed by atoms with Crippen molar-refractivity contribution in [1.82, 2.24) is 9.55 Å². The van der Waals surface area contributed by atoms with Crippen molar-refractivity contribution in [3.05, 3.63) is 80.9 Å². The van der Waals surface area contributed by atoms with E-state index in [-0.39, 0.29) is 0 Å². The molecule has 3 unspecified atom stereocenters. The maximum Gasteiger partial charge on any atom is 0.353 e. The molecule has 3 atom stereocenters. The van der Waals surface area contributed by atoms with Gasteiger partial charge in [0.15, 0.2) is 0 Å². The van der Waals surface area contributed by atoms with Crippen LogP contribution in [-0.2, 0) is 23.1 Å². The fraction of sp³-hybridized carbons (Fsp3) is 0.350. The summed E-state index contributed by atoms with van der Waals surface area (Å²) in [6, 6.07) is 9.69. The molecule has 11 heteroatoms. The van der Waals surface area contributed by atoms with Crippen LogP contribution in [0.2, 0.25) is 0 Å². The van der Waals surface area contributed by atoms with Crippen LogP contribution in [0.25, 0.3) is 0 Å². The van der Waals surface area contributed by atoms with E-state index in [9.17, 15) is 18.9 Å². The Morgan fingerprint density at radius 2 is 1.87 bits per heavy atom. The molecule has 1 aromatic carbocycles. The molecule has 0 saturated carbocycles. The smallest absolute Gasteiger partial charge is 0.353 e. The second-order valence-corrected chi connectivity index (χ2v) is 8.81. The van der Waals surface area contributed by atoms with Crippen molar-refractivity contribution in [3.63, 3.8) is 0 Å². The normalized spacial score (nSPS) is 21.8. The number of ether oxygens (including phenoxy) is 2. The summed E-state index contributed by atoms with van der Waals surface area (Å²) < 4.78 is 35.0. The second-order valence-electron chi connectivity index (χ2n) is 6.71. The van der Waals surface area contributed by atoms with Gasteiger partial charge in [0.05, 0.1) is 5.56 Å². The molecule has 1 aliphatic rings. The van der Waals surface area contributed by atoms with E-state index >= 15 is 0 Å². The van der Waals surface area contributed by atoms with Crippen molar-refractivity contribution >= 4 is 13.6 Å². The SMILES string of the molecule is COP(=O)(/C=C/C1OC(n2ccc(=O)[nH]c2=O)CCC1OC(=O)c1ccccc1)OC. The first kappa shape index (κ1) is 22.9. The summed E-state index contributed by atoms with van der Waals surface area (Å²) in [5.41, 5.74) is -0.771. The van der Waals surface area contributed by atoms with Gasteiger partial charge in [-0.1, -0.05) is 18.2 Å². The minimum atomic E-state index is -3.49. The quantitative estimate of drug-likeness (QED) is 0.504. The number of carbonyl (C=O) groups is 1. The molecule has 0 aliphatic carbocycles. The zero-order valence-corrected chi connectivity index (χ0v) is 17.9. The molecule has 1 fully saturated rings. The van der Waals surface area contributed by atoms with Crippen LogP contribution in [0, 0.1) is 0 Å². The van der Waals surface area contributed by atoms with Crippen LogP contribution in [0.3, 0.4) is 0 Å². The van der Waals surface area contributed by atoms with E-state index < -0.39 is 43.2 Å². The molecule has 166 valence electrons. The lowest BCUT2D eigenvalue weighted by Gasteiger charge is -2.35. The Morgan fingerprint density at radius 3 is 2.52 bits per heavy atom. The van der Waals surface area contributed by atoms with Crippen molar-refractivity contribution in [2.24, 2.45) is 0 Å². The number of H-pyrrole nitrogens is 1. The Kier molecular flexibility index (Phi) is 7.40. The average molecular weight is 450 g/mol. The van der Waals surface area contributed by atoms with Gasteiger partial charge in [-0.3, -0.25) is 18.9 Å². The molecular weight excluding hydrogens is 427 g/mol. The van der Waals surface area contributed by atoms with Crippen molar-refractivity contribution in [1.29, 1.82) is 0 Å². The van der Waals surface area contributed by atoms with E-state index in [0.29, 0.717) is 18.4 Å². The van der Waals surface area contributed by atoms with E-state index in [2.05, 4.69) is 4.98 Å². The molecule has 0 spiro atoms. The van der Waals surface area contributed by atoms with Crippen LogP contribution in [0.5, 0.6) is 0 Å². The first-order valence-electron chi connectivity index (χ1n) is 9.49. The summed E-state index contributed by atoms with van der Waals surface area (Å²) in [6.45, 7) is 0. The molecule has 3 rings (SSSR count). The molecule has 1 aromatic heterocycles. The minimum absolute atomic E-state index is 0.343. The summed E-state index contributed by atoms with van der Waals surface area (Å²) in [5.74, 6) is 0.688. The molecule has 10 nitrogen and oxygen atoms in total. The third-order valence-electron chi connectivity index (χ3n) is 4.78. The Hall–Kier alpha value is -2.78. The molecule has 2 aromatic rings. The van der Waals surface area contributed by atoms with Gasteiger partial charge in [0.1, 0.15) is 18.4 Å². The molecule has 31 heavy (non-hydrogen) atoms. The van der Waals surface area contributed by atoms with Crippen LogP contribution < -0.4 is 11.2 Å². The highest BCUT2D eigenvalue weighted by Gasteiger charge is 2.34. The number of nitrogens with one attached hydrogen (secondary N) is 1. The van der Waals surface area contributed by atoms with Crippen molar-refractivity contribution in [2.75, 3.05) is 14.2 Å². The number of aromatic amines is 1. The van der Waals surface area contributed by atoms with Crippen LogP contribution in [0.1, 0.15) is 29.4 Å². The molecule has 0 bridgehead atoms. The van der Waals surface area contributed by atoms with Gasteiger partial charge in [0.25, 0.3) is 5.56 Å². The zero-order valence-electron chi connectivity index (χ0n) is 17.0. The highest BCUT2D eigenvalue weighted by molar-refractivity contribution is 7.57. The first-order valence-corrected chi connectivity index (χ1v) is 11.1. The molecule has 1 saturated heterocycles. The van der Waals surface area contributed by atoms with Gasteiger partial charge < -0.3 is 18.5 Å². The van der Waals surface area contributed by atoms with Gasteiger partial charge in [-0.15, -0.1) is 0 Å². The van der Waals surface area contributed by atoms with Crippen molar-refractivity contribution in [3.8, 4) is 0 Å². The number of hydrogen-bond donors (Lipinski definition) is 1. The molecule has 0 radical (unpaired) electrons. The Balaban J connectivity index is 1.85. The predicted molar refractivity (Wildman–Crippen MR) is 111 cm³/mol. The number of rotatable bonds is 7. The molecule has 1 aliphatic heterocycles. The lowest BCUT2D eigenvalue weighted by atomic mass is 10.0. The number of aromatic nitrogens is 2. The van der Waals surface area contributed by atoms with Gasteiger partial charge in [-0.2, -0.15) is 0 Å². The summed E-state index contributed by atoms with van der Waals surface area (Å²) in [5, 5.41) is 0. The standard InChI is InChI=1S/C20H23N2O8P/c1-27-31(26,28-2)13-11-16-15(30-19(24)14-6-4-3-5-7-14)8-9-18(29-16)22-12-10-17(23)21-20(22)25/h3-7,10-13,15-16,18H,8-9H2,1-2H3,(H,21,23,25)/b13-11+. The predicted octanol–water partition coefficient (Wildman–Crippen LogP) is 2.44. The highest BCUT2D eigenvalue weighted by Crippen LogP contribution is 2.48. The largest absolute Gasteiger partial charge is 0.456 e. The molecular formula is C20H23N2O8P. The summed E-state index contributed by atoms with van der Waals surface area (Å²) >= 11 is 0. The lowest BCUT2D eigenvalue weighted by molar-refractivity contribution is -0.130. The van der Waals surface area contributed by atoms with Crippen LogP contribution in [-0.4, -0.2) is 41.9 Å². The monoisotopic (exact) mass is 450 g/mol. The van der Waals surface area contributed by atoms with Gasteiger partial charge in [-0.25, -0.2) is 9.59 Å². The minimum Gasteiger partial charge on any atom is -0.456 e. The second kappa shape index (κ2) is 10.0. The molecule has 2 heterocycles. The Bertz CT molecular complexity index is 1090. The molecule has 1 N–H and O–H groups in total. The van der Waals surface area contributed by atoms with E-state index in [4.69, 9.17) is 18.5 Å². The van der Waals surface area contributed by atoms with Crippen molar-refractivity contribution < 1.29 is 27.9 Å². The number of nitrogens with zero attached hydrogens (tertiary/aromatic N) is 1. The van der Waals surface area contributed by atoms with E-state index in [1.165, 1.54) is 42.9 Å². The summed E-state index contributed by atoms with van der Waals surface area (Å²) in [7, 11) is -1.01.